The molecule has 2 rings (SSSR count). The van der Waals surface area contributed by atoms with Gasteiger partial charge in [-0.05, 0) is 30.3 Å². The van der Waals surface area contributed by atoms with E-state index in [1.165, 1.54) is 45.6 Å². The van der Waals surface area contributed by atoms with E-state index < -0.39 is 10.0 Å². The maximum atomic E-state index is 12.4. The largest absolute Gasteiger partial charge is 0.495 e. The van der Waals surface area contributed by atoms with E-state index >= 15 is 0 Å². The minimum Gasteiger partial charge on any atom is -0.495 e. The van der Waals surface area contributed by atoms with Crippen molar-refractivity contribution in [3.8, 4) is 17.2 Å². The number of halogens is 1. The Morgan fingerprint density at radius 2 is 1.48 bits per heavy atom. The van der Waals surface area contributed by atoms with Crippen LogP contribution in [0.4, 0.5) is 5.69 Å². The van der Waals surface area contributed by atoms with Gasteiger partial charge in [0.25, 0.3) is 10.0 Å². The molecule has 6 nitrogen and oxygen atoms in total. The Labute approximate surface area is 140 Å². The third-order valence-electron chi connectivity index (χ3n) is 3.07. The molecule has 0 atom stereocenters. The summed E-state index contributed by atoms with van der Waals surface area (Å²) >= 11 is 5.97. The first-order valence-corrected chi connectivity index (χ1v) is 8.35. The number of nitrogens with one attached hydrogen (secondary N) is 1. The van der Waals surface area contributed by atoms with Crippen molar-refractivity contribution >= 4 is 27.3 Å². The normalized spacial score (nSPS) is 11.0. The van der Waals surface area contributed by atoms with Crippen LogP contribution in [0.2, 0.25) is 5.02 Å². The molecule has 23 heavy (non-hydrogen) atoms. The molecule has 0 unspecified atom stereocenters. The van der Waals surface area contributed by atoms with Gasteiger partial charge < -0.3 is 14.2 Å². The molecule has 0 saturated heterocycles. The average Bonchev–Trinajstić information content (AvgIpc) is 2.54. The third kappa shape index (κ3) is 3.80. The van der Waals surface area contributed by atoms with Gasteiger partial charge in [-0.25, -0.2) is 8.42 Å². The van der Waals surface area contributed by atoms with Crippen molar-refractivity contribution < 1.29 is 22.6 Å². The van der Waals surface area contributed by atoms with Crippen LogP contribution < -0.4 is 18.9 Å². The lowest BCUT2D eigenvalue weighted by Gasteiger charge is -2.12. The first-order chi connectivity index (χ1) is 10.9. The maximum Gasteiger partial charge on any atom is 0.261 e. The van der Waals surface area contributed by atoms with Gasteiger partial charge in [0.2, 0.25) is 0 Å². The standard InChI is InChI=1S/C15H16ClNO5S/c1-20-13-7-5-11(9-12(13)16)23(18,19)17-10-4-6-14(21-2)15(8-10)22-3/h4-9,17H,1-3H3. The van der Waals surface area contributed by atoms with Crippen LogP contribution in [-0.4, -0.2) is 29.7 Å². The Balaban J connectivity index is 2.33. The highest BCUT2D eigenvalue weighted by molar-refractivity contribution is 7.92. The Bertz CT molecular complexity index is 808. The highest BCUT2D eigenvalue weighted by Gasteiger charge is 2.17. The third-order valence-corrected chi connectivity index (χ3v) is 4.74. The zero-order valence-corrected chi connectivity index (χ0v) is 14.4. The second kappa shape index (κ2) is 6.97. The Kier molecular flexibility index (Phi) is 5.23. The molecule has 8 heteroatoms. The zero-order chi connectivity index (χ0) is 17.0. The van der Waals surface area contributed by atoms with E-state index in [9.17, 15) is 8.42 Å². The summed E-state index contributed by atoms with van der Waals surface area (Å²) in [7, 11) is 0.637. The summed E-state index contributed by atoms with van der Waals surface area (Å²) in [6.45, 7) is 0. The fourth-order valence-electron chi connectivity index (χ4n) is 1.93. The van der Waals surface area contributed by atoms with Crippen molar-refractivity contribution in [2.45, 2.75) is 4.90 Å². The van der Waals surface area contributed by atoms with Crippen LogP contribution >= 0.6 is 11.6 Å². The van der Waals surface area contributed by atoms with E-state index in [4.69, 9.17) is 25.8 Å². The molecule has 124 valence electrons. The lowest BCUT2D eigenvalue weighted by molar-refractivity contribution is 0.355. The van der Waals surface area contributed by atoms with Crippen LogP contribution in [-0.2, 0) is 10.0 Å². The molecule has 0 bridgehead atoms. The highest BCUT2D eigenvalue weighted by Crippen LogP contribution is 2.32. The van der Waals surface area contributed by atoms with Crippen molar-refractivity contribution in [1.29, 1.82) is 0 Å². The molecule has 2 aromatic carbocycles. The average molecular weight is 358 g/mol. The Hall–Kier alpha value is -2.12. The summed E-state index contributed by atoms with van der Waals surface area (Å²) in [6, 6.07) is 8.94. The van der Waals surface area contributed by atoms with Crippen LogP contribution in [0, 0.1) is 0 Å². The molecule has 0 aromatic heterocycles. The van der Waals surface area contributed by atoms with Gasteiger partial charge in [-0.3, -0.25) is 4.72 Å². The molecule has 0 fully saturated rings. The van der Waals surface area contributed by atoms with Gasteiger partial charge in [0, 0.05) is 6.07 Å². The van der Waals surface area contributed by atoms with Crippen LogP contribution in [0.25, 0.3) is 0 Å². The fraction of sp³-hybridized carbons (Fsp3) is 0.200. The smallest absolute Gasteiger partial charge is 0.261 e. The van der Waals surface area contributed by atoms with Crippen LogP contribution in [0.1, 0.15) is 0 Å². The number of hydrogen-bond donors (Lipinski definition) is 1. The number of benzene rings is 2. The predicted molar refractivity (Wildman–Crippen MR) is 88.4 cm³/mol. The maximum absolute atomic E-state index is 12.4. The number of rotatable bonds is 6. The molecule has 0 aliphatic heterocycles. The van der Waals surface area contributed by atoms with Crippen molar-refractivity contribution in [2.75, 3.05) is 26.1 Å². The monoisotopic (exact) mass is 357 g/mol. The summed E-state index contributed by atoms with van der Waals surface area (Å²) in [6.07, 6.45) is 0. The quantitative estimate of drug-likeness (QED) is 0.859. The van der Waals surface area contributed by atoms with Gasteiger partial charge in [-0.2, -0.15) is 0 Å². The molecule has 0 aliphatic rings. The second-order valence-corrected chi connectivity index (χ2v) is 6.56. The summed E-state index contributed by atoms with van der Waals surface area (Å²) in [5.41, 5.74) is 0.342. The van der Waals surface area contributed by atoms with Gasteiger partial charge in [0.05, 0.1) is 36.9 Å². The van der Waals surface area contributed by atoms with E-state index in [0.29, 0.717) is 22.9 Å². The van der Waals surface area contributed by atoms with Gasteiger partial charge in [0.15, 0.2) is 11.5 Å². The van der Waals surface area contributed by atoms with Crippen LogP contribution in [0.15, 0.2) is 41.3 Å². The molecular formula is C15H16ClNO5S. The van der Waals surface area contributed by atoms with E-state index in [0.717, 1.165) is 0 Å². The molecule has 0 aliphatic carbocycles. The summed E-state index contributed by atoms with van der Waals surface area (Å²) in [5, 5.41) is 0.211. The molecular weight excluding hydrogens is 342 g/mol. The van der Waals surface area contributed by atoms with E-state index in [-0.39, 0.29) is 9.92 Å². The Morgan fingerprint density at radius 3 is 2.04 bits per heavy atom. The number of sulfonamides is 1. The lowest BCUT2D eigenvalue weighted by atomic mass is 10.3. The van der Waals surface area contributed by atoms with Gasteiger partial charge >= 0.3 is 0 Å². The fourth-order valence-corrected chi connectivity index (χ4v) is 3.33. The van der Waals surface area contributed by atoms with Gasteiger partial charge in [-0.1, -0.05) is 11.6 Å². The molecule has 0 saturated carbocycles. The molecule has 0 spiro atoms. The summed E-state index contributed by atoms with van der Waals surface area (Å²) in [5.74, 6) is 1.32. The molecule has 0 heterocycles. The van der Waals surface area contributed by atoms with E-state index in [1.54, 1.807) is 12.1 Å². The number of methoxy groups -OCH3 is 3. The van der Waals surface area contributed by atoms with Crippen molar-refractivity contribution in [1.82, 2.24) is 0 Å². The molecule has 2 aromatic rings. The first kappa shape index (κ1) is 17.2. The van der Waals surface area contributed by atoms with Crippen LogP contribution in [0.5, 0.6) is 17.2 Å². The van der Waals surface area contributed by atoms with Crippen molar-refractivity contribution in [2.24, 2.45) is 0 Å². The SMILES string of the molecule is COc1ccc(S(=O)(=O)Nc2ccc(OC)c(OC)c2)cc1Cl. The molecule has 1 N–H and O–H groups in total. The second-order valence-electron chi connectivity index (χ2n) is 4.47. The van der Waals surface area contributed by atoms with E-state index in [1.807, 2.05) is 0 Å². The predicted octanol–water partition coefficient (Wildman–Crippen LogP) is 3.17. The first-order valence-electron chi connectivity index (χ1n) is 6.49. The lowest BCUT2D eigenvalue weighted by Crippen LogP contribution is -2.13. The van der Waals surface area contributed by atoms with Crippen LogP contribution in [0.3, 0.4) is 0 Å². The zero-order valence-electron chi connectivity index (χ0n) is 12.8. The number of hydrogen-bond acceptors (Lipinski definition) is 5. The minimum absolute atomic E-state index is 0.0260. The molecule has 0 amide bonds. The highest BCUT2D eigenvalue weighted by atomic mass is 35.5. The van der Waals surface area contributed by atoms with Crippen molar-refractivity contribution in [3.05, 3.63) is 41.4 Å². The topological polar surface area (TPSA) is 73.9 Å². The Morgan fingerprint density at radius 1 is 0.870 bits per heavy atom. The van der Waals surface area contributed by atoms with E-state index in [2.05, 4.69) is 4.72 Å². The summed E-state index contributed by atoms with van der Waals surface area (Å²) in [4.78, 5) is 0.0260. The summed E-state index contributed by atoms with van der Waals surface area (Å²) < 4.78 is 42.6. The van der Waals surface area contributed by atoms with Gasteiger partial charge in [0.1, 0.15) is 5.75 Å². The number of ether oxygens (including phenoxy) is 3. The molecule has 0 radical (unpaired) electrons. The van der Waals surface area contributed by atoms with Gasteiger partial charge in [-0.15, -0.1) is 0 Å². The minimum atomic E-state index is -3.79. The van der Waals surface area contributed by atoms with Crippen molar-refractivity contribution in [3.63, 3.8) is 0 Å². The number of anilines is 1.